The first-order valence-corrected chi connectivity index (χ1v) is 10.4. The van der Waals surface area contributed by atoms with Crippen LogP contribution < -0.4 is 16.4 Å². The highest BCUT2D eigenvalue weighted by molar-refractivity contribution is 6.31. The van der Waals surface area contributed by atoms with Crippen molar-refractivity contribution >= 4 is 29.5 Å². The molecule has 0 radical (unpaired) electrons. The van der Waals surface area contributed by atoms with Gasteiger partial charge in [0.15, 0.2) is 0 Å². The van der Waals surface area contributed by atoms with E-state index in [1.807, 2.05) is 31.2 Å². The summed E-state index contributed by atoms with van der Waals surface area (Å²) in [6.45, 7) is 5.42. The Morgan fingerprint density at radius 1 is 1.00 bits per heavy atom. The van der Waals surface area contributed by atoms with Crippen molar-refractivity contribution in [2.75, 3.05) is 0 Å². The van der Waals surface area contributed by atoms with Crippen LogP contribution in [0.5, 0.6) is 0 Å². The maximum atomic E-state index is 12.9. The van der Waals surface area contributed by atoms with E-state index in [-0.39, 0.29) is 24.9 Å². The Labute approximate surface area is 187 Å². The first-order valence-electron chi connectivity index (χ1n) is 10.0. The summed E-state index contributed by atoms with van der Waals surface area (Å²) in [5.41, 5.74) is 7.65. The Morgan fingerprint density at radius 3 is 2.32 bits per heavy atom. The molecule has 0 aliphatic carbocycles. The average molecular weight is 446 g/mol. The molecule has 0 aliphatic heterocycles. The van der Waals surface area contributed by atoms with Gasteiger partial charge in [0.05, 0.1) is 31.0 Å². The van der Waals surface area contributed by atoms with E-state index in [0.29, 0.717) is 10.6 Å². The van der Waals surface area contributed by atoms with Crippen molar-refractivity contribution in [3.63, 3.8) is 0 Å². The van der Waals surface area contributed by atoms with Gasteiger partial charge in [0.25, 0.3) is 0 Å². The van der Waals surface area contributed by atoms with Crippen molar-refractivity contribution in [1.82, 2.24) is 10.6 Å². The molecule has 0 bridgehead atoms. The topological polar surface area (TPSA) is 111 Å². The van der Waals surface area contributed by atoms with E-state index in [4.69, 9.17) is 22.1 Å². The third-order valence-electron chi connectivity index (χ3n) is 4.50. The molecule has 0 aliphatic rings. The van der Waals surface area contributed by atoms with Gasteiger partial charge in [-0.3, -0.25) is 9.59 Å². The molecule has 2 aromatic carbocycles. The number of aryl methyl sites for hydroxylation is 1. The maximum Gasteiger partial charge on any atom is 0.312 e. The third-order valence-corrected chi connectivity index (χ3v) is 4.85. The van der Waals surface area contributed by atoms with Crippen LogP contribution in [0.4, 0.5) is 4.79 Å². The minimum Gasteiger partial charge on any atom is -0.463 e. The monoisotopic (exact) mass is 445 g/mol. The van der Waals surface area contributed by atoms with Crippen LogP contribution in [0.1, 0.15) is 55.5 Å². The Balaban J connectivity index is 2.21. The highest BCUT2D eigenvalue weighted by atomic mass is 35.5. The summed E-state index contributed by atoms with van der Waals surface area (Å²) in [4.78, 5) is 36.6. The fourth-order valence-electron chi connectivity index (χ4n) is 3.22. The van der Waals surface area contributed by atoms with E-state index in [2.05, 4.69) is 10.6 Å². The Kier molecular flexibility index (Phi) is 8.88. The average Bonchev–Trinajstić information content (AvgIpc) is 2.66. The summed E-state index contributed by atoms with van der Waals surface area (Å²) in [6, 6.07) is 12.4. The molecule has 8 heteroatoms. The number of urea groups is 1. The number of esters is 1. The summed E-state index contributed by atoms with van der Waals surface area (Å²) < 4.78 is 5.23. The largest absolute Gasteiger partial charge is 0.463 e. The second-order valence-electron chi connectivity index (χ2n) is 7.56. The maximum absolute atomic E-state index is 12.9. The lowest BCUT2D eigenvalue weighted by Crippen LogP contribution is -2.38. The van der Waals surface area contributed by atoms with E-state index in [9.17, 15) is 14.4 Å². The van der Waals surface area contributed by atoms with Crippen LogP contribution >= 0.6 is 11.6 Å². The zero-order valence-corrected chi connectivity index (χ0v) is 18.6. The summed E-state index contributed by atoms with van der Waals surface area (Å²) in [5, 5.41) is 5.88. The van der Waals surface area contributed by atoms with Crippen LogP contribution in [0.3, 0.4) is 0 Å². The highest BCUT2D eigenvalue weighted by Crippen LogP contribution is 2.26. The molecule has 0 unspecified atom stereocenters. The van der Waals surface area contributed by atoms with Gasteiger partial charge in [0.2, 0.25) is 5.91 Å². The van der Waals surface area contributed by atoms with Gasteiger partial charge in [-0.05, 0) is 38.0 Å². The predicted molar refractivity (Wildman–Crippen MR) is 119 cm³/mol. The van der Waals surface area contributed by atoms with Gasteiger partial charge in [0, 0.05) is 5.02 Å². The number of carbonyl (C=O) groups is 3. The number of hydrogen-bond donors (Lipinski definition) is 3. The fourth-order valence-corrected chi connectivity index (χ4v) is 3.49. The Hall–Kier alpha value is -3.06. The number of halogens is 1. The van der Waals surface area contributed by atoms with Crippen molar-refractivity contribution in [3.05, 3.63) is 70.2 Å². The molecule has 2 atom stereocenters. The van der Waals surface area contributed by atoms with Gasteiger partial charge in [-0.2, -0.15) is 0 Å². The number of carbonyl (C=O) groups excluding carboxylic acids is 3. The normalized spacial score (nSPS) is 12.7. The number of hydrogen-bond acceptors (Lipinski definition) is 4. The highest BCUT2D eigenvalue weighted by Gasteiger charge is 2.24. The summed E-state index contributed by atoms with van der Waals surface area (Å²) in [5.74, 6) is -0.826. The minimum atomic E-state index is -0.734. The van der Waals surface area contributed by atoms with Crippen LogP contribution in [-0.2, 0) is 14.3 Å². The number of nitrogens with two attached hydrogens (primary N) is 1. The van der Waals surface area contributed by atoms with Crippen molar-refractivity contribution in [2.45, 2.75) is 51.8 Å². The van der Waals surface area contributed by atoms with Crippen LogP contribution in [0.2, 0.25) is 5.02 Å². The first kappa shape index (κ1) is 24.2. The summed E-state index contributed by atoms with van der Waals surface area (Å²) in [6.07, 6.45) is -0.418. The molecule has 2 aromatic rings. The van der Waals surface area contributed by atoms with Crippen LogP contribution in [0.25, 0.3) is 0 Å². The Bertz CT molecular complexity index is 933. The van der Waals surface area contributed by atoms with Gasteiger partial charge in [-0.25, -0.2) is 4.79 Å². The molecule has 0 heterocycles. The molecule has 4 N–H and O–H groups in total. The molecule has 0 aromatic heterocycles. The molecule has 7 nitrogen and oxygen atoms in total. The molecule has 3 amide bonds. The van der Waals surface area contributed by atoms with Crippen molar-refractivity contribution in [2.24, 2.45) is 5.73 Å². The number of rotatable bonds is 9. The molecule has 0 spiro atoms. The minimum absolute atomic E-state index is 0.0629. The van der Waals surface area contributed by atoms with Gasteiger partial charge < -0.3 is 21.1 Å². The van der Waals surface area contributed by atoms with E-state index in [0.717, 1.165) is 11.1 Å². The SMILES string of the molecule is Cc1cccc([C@H](CC(=O)N[C@@H](CC(=O)OC(C)C)c2ccccc2Cl)NC(N)=O)c1. The van der Waals surface area contributed by atoms with E-state index >= 15 is 0 Å². The molecular weight excluding hydrogens is 418 g/mol. The van der Waals surface area contributed by atoms with Gasteiger partial charge in [-0.1, -0.05) is 59.6 Å². The second-order valence-corrected chi connectivity index (χ2v) is 7.97. The molecule has 0 saturated heterocycles. The number of amides is 3. The van der Waals surface area contributed by atoms with Crippen molar-refractivity contribution in [3.8, 4) is 0 Å². The smallest absolute Gasteiger partial charge is 0.312 e. The number of benzene rings is 2. The first-order chi connectivity index (χ1) is 14.7. The van der Waals surface area contributed by atoms with Gasteiger partial charge in [0.1, 0.15) is 0 Å². The standard InChI is InChI=1S/C23H28ClN3O4/c1-14(2)31-22(29)13-20(17-9-4-5-10-18(17)24)26-21(28)12-19(27-23(25)30)16-8-6-7-15(3)11-16/h4-11,14,19-20H,12-13H2,1-3H3,(H,26,28)(H3,25,27,30)/t19-,20-/m0/s1. The number of ether oxygens (including phenoxy) is 1. The number of nitrogens with one attached hydrogen (secondary N) is 2. The van der Waals surface area contributed by atoms with Crippen LogP contribution in [-0.4, -0.2) is 24.0 Å². The summed E-state index contributed by atoms with van der Waals surface area (Å²) >= 11 is 6.30. The van der Waals surface area contributed by atoms with Crippen LogP contribution in [0, 0.1) is 6.92 Å². The van der Waals surface area contributed by atoms with E-state index in [1.54, 1.807) is 38.1 Å². The number of primary amides is 1. The second kappa shape index (κ2) is 11.4. The molecule has 166 valence electrons. The zero-order valence-electron chi connectivity index (χ0n) is 17.9. The lowest BCUT2D eigenvalue weighted by molar-refractivity contribution is -0.148. The molecular formula is C23H28ClN3O4. The van der Waals surface area contributed by atoms with Crippen molar-refractivity contribution in [1.29, 1.82) is 0 Å². The van der Waals surface area contributed by atoms with Gasteiger partial charge >= 0.3 is 12.0 Å². The molecule has 2 rings (SSSR count). The zero-order chi connectivity index (χ0) is 23.0. The fraction of sp³-hybridized carbons (Fsp3) is 0.348. The Morgan fingerprint density at radius 2 is 1.71 bits per heavy atom. The van der Waals surface area contributed by atoms with E-state index in [1.165, 1.54) is 0 Å². The van der Waals surface area contributed by atoms with E-state index < -0.39 is 24.1 Å². The van der Waals surface area contributed by atoms with Crippen LogP contribution in [0.15, 0.2) is 48.5 Å². The van der Waals surface area contributed by atoms with Gasteiger partial charge in [-0.15, -0.1) is 0 Å². The molecule has 31 heavy (non-hydrogen) atoms. The summed E-state index contributed by atoms with van der Waals surface area (Å²) in [7, 11) is 0. The quantitative estimate of drug-likeness (QED) is 0.507. The molecule has 0 saturated carbocycles. The lowest BCUT2D eigenvalue weighted by atomic mass is 10.00. The van der Waals surface area contributed by atoms with Crippen molar-refractivity contribution < 1.29 is 19.1 Å². The lowest BCUT2D eigenvalue weighted by Gasteiger charge is -2.23. The molecule has 0 fully saturated rings. The third kappa shape index (κ3) is 7.94. The predicted octanol–water partition coefficient (Wildman–Crippen LogP) is 3.95.